The van der Waals surface area contributed by atoms with Gasteiger partial charge in [0.2, 0.25) is 17.5 Å². The van der Waals surface area contributed by atoms with Gasteiger partial charge in [0.05, 0.1) is 38.5 Å². The van der Waals surface area contributed by atoms with E-state index in [9.17, 15) is 5.26 Å². The second kappa shape index (κ2) is 8.55. The van der Waals surface area contributed by atoms with E-state index in [1.54, 1.807) is 21.3 Å². The minimum absolute atomic E-state index is 0.0486. The van der Waals surface area contributed by atoms with Crippen LogP contribution in [0.3, 0.4) is 0 Å². The molecule has 0 fully saturated rings. The number of nitrogens with zero attached hydrogens (tertiary/aromatic N) is 2. The van der Waals surface area contributed by atoms with Crippen molar-refractivity contribution in [1.29, 1.82) is 5.26 Å². The molecule has 164 valence electrons. The van der Waals surface area contributed by atoms with E-state index >= 15 is 0 Å². The molecule has 1 unspecified atom stereocenters. The number of rotatable bonds is 6. The Morgan fingerprint density at radius 1 is 1.09 bits per heavy atom. The number of hydrogen-bond acceptors (Lipinski definition) is 7. The predicted molar refractivity (Wildman–Crippen MR) is 119 cm³/mol. The Morgan fingerprint density at radius 3 is 2.28 bits per heavy atom. The largest absolute Gasteiger partial charge is 0.493 e. The summed E-state index contributed by atoms with van der Waals surface area (Å²) in [6.45, 7) is 2.10. The molecule has 0 spiro atoms. The van der Waals surface area contributed by atoms with Crippen LogP contribution in [0.25, 0.3) is 11.3 Å². The fourth-order valence-electron chi connectivity index (χ4n) is 3.97. The van der Waals surface area contributed by atoms with Crippen molar-refractivity contribution in [2.24, 2.45) is 5.73 Å². The van der Waals surface area contributed by atoms with Crippen LogP contribution in [0.5, 0.6) is 23.1 Å². The smallest absolute Gasteiger partial charge is 0.244 e. The van der Waals surface area contributed by atoms with Gasteiger partial charge in [-0.1, -0.05) is 31.2 Å². The van der Waals surface area contributed by atoms with Gasteiger partial charge in [-0.2, -0.15) is 5.26 Å². The summed E-state index contributed by atoms with van der Waals surface area (Å²) in [5.41, 5.74) is 10.7. The number of nitriles is 1. The van der Waals surface area contributed by atoms with Crippen LogP contribution in [0.4, 0.5) is 0 Å². The maximum Gasteiger partial charge on any atom is 0.244 e. The van der Waals surface area contributed by atoms with E-state index in [1.807, 2.05) is 24.3 Å². The van der Waals surface area contributed by atoms with Gasteiger partial charge in [-0.15, -0.1) is 5.10 Å². The molecule has 2 heterocycles. The molecule has 0 saturated carbocycles. The Morgan fingerprint density at radius 2 is 1.75 bits per heavy atom. The van der Waals surface area contributed by atoms with E-state index in [4.69, 9.17) is 24.7 Å². The summed E-state index contributed by atoms with van der Waals surface area (Å²) in [6.07, 6.45) is 0.921. The molecule has 0 saturated heterocycles. The summed E-state index contributed by atoms with van der Waals surface area (Å²) >= 11 is 0. The van der Waals surface area contributed by atoms with E-state index in [2.05, 4.69) is 35.3 Å². The number of fused-ring (bicyclic) bond motifs is 1. The van der Waals surface area contributed by atoms with Gasteiger partial charge in [0.1, 0.15) is 11.6 Å². The number of aryl methyl sites for hydroxylation is 1. The van der Waals surface area contributed by atoms with Crippen molar-refractivity contribution in [1.82, 2.24) is 10.2 Å². The molecule has 1 aliphatic rings. The average Bonchev–Trinajstić information content (AvgIpc) is 3.25. The highest BCUT2D eigenvalue weighted by atomic mass is 16.5. The first kappa shape index (κ1) is 21.1. The molecule has 3 aromatic rings. The SMILES string of the molecule is CCc1ccc(C2C(C#N)=C(N)Oc3n[nH]c(-c4cc(OC)c(OC)c(OC)c4)c32)cc1. The Balaban J connectivity index is 1.93. The van der Waals surface area contributed by atoms with Crippen molar-refractivity contribution in [2.45, 2.75) is 19.3 Å². The molecule has 3 N–H and O–H groups in total. The third-order valence-electron chi connectivity index (χ3n) is 5.61. The standard InChI is InChI=1S/C24H24N4O4/c1-5-13-6-8-14(9-7-13)19-16(12-25)23(26)32-24-20(19)21(27-28-24)15-10-17(29-2)22(31-4)18(11-15)30-3/h6-11,19H,5,26H2,1-4H3,(H,27,28). The van der Waals surface area contributed by atoms with Crippen LogP contribution in [-0.4, -0.2) is 31.5 Å². The Labute approximate surface area is 186 Å². The Hall–Kier alpha value is -4.12. The third kappa shape index (κ3) is 3.38. The highest BCUT2D eigenvalue weighted by Gasteiger charge is 2.36. The Kier molecular flexibility index (Phi) is 5.65. The molecule has 0 bridgehead atoms. The lowest BCUT2D eigenvalue weighted by Gasteiger charge is -2.24. The quantitative estimate of drug-likeness (QED) is 0.607. The van der Waals surface area contributed by atoms with Gasteiger partial charge in [-0.25, -0.2) is 0 Å². The molecule has 1 aromatic heterocycles. The fourth-order valence-corrected chi connectivity index (χ4v) is 3.97. The first-order valence-electron chi connectivity index (χ1n) is 10.1. The van der Waals surface area contributed by atoms with Crippen LogP contribution >= 0.6 is 0 Å². The van der Waals surface area contributed by atoms with Crippen molar-refractivity contribution in [3.63, 3.8) is 0 Å². The third-order valence-corrected chi connectivity index (χ3v) is 5.61. The molecule has 0 radical (unpaired) electrons. The number of aromatic nitrogens is 2. The molecule has 8 heteroatoms. The normalized spacial score (nSPS) is 14.9. The zero-order valence-electron chi connectivity index (χ0n) is 18.4. The van der Waals surface area contributed by atoms with E-state index < -0.39 is 5.92 Å². The zero-order chi connectivity index (χ0) is 22.8. The zero-order valence-corrected chi connectivity index (χ0v) is 18.4. The number of ether oxygens (including phenoxy) is 4. The summed E-state index contributed by atoms with van der Waals surface area (Å²) in [6, 6.07) is 14.0. The number of nitrogens with one attached hydrogen (secondary N) is 1. The van der Waals surface area contributed by atoms with Crippen LogP contribution < -0.4 is 24.7 Å². The van der Waals surface area contributed by atoms with E-state index in [-0.39, 0.29) is 5.88 Å². The van der Waals surface area contributed by atoms with Crippen molar-refractivity contribution < 1.29 is 18.9 Å². The second-order valence-corrected chi connectivity index (χ2v) is 7.25. The van der Waals surface area contributed by atoms with E-state index in [0.717, 1.165) is 17.5 Å². The number of hydrogen-bond donors (Lipinski definition) is 2. The van der Waals surface area contributed by atoms with Gasteiger partial charge in [0.25, 0.3) is 0 Å². The summed E-state index contributed by atoms with van der Waals surface area (Å²) < 4.78 is 22.1. The van der Waals surface area contributed by atoms with Crippen LogP contribution in [0.1, 0.15) is 29.5 Å². The van der Waals surface area contributed by atoms with Crippen molar-refractivity contribution in [3.8, 4) is 40.5 Å². The predicted octanol–water partition coefficient (Wildman–Crippen LogP) is 3.88. The lowest BCUT2D eigenvalue weighted by Crippen LogP contribution is -2.21. The molecule has 0 amide bonds. The molecule has 4 rings (SSSR count). The van der Waals surface area contributed by atoms with Crippen LogP contribution in [-0.2, 0) is 6.42 Å². The second-order valence-electron chi connectivity index (χ2n) is 7.25. The lowest BCUT2D eigenvalue weighted by molar-refractivity contribution is 0.324. The van der Waals surface area contributed by atoms with Crippen LogP contribution in [0.15, 0.2) is 47.9 Å². The van der Waals surface area contributed by atoms with Gasteiger partial charge in [-0.05, 0) is 29.7 Å². The maximum absolute atomic E-state index is 9.90. The average molecular weight is 432 g/mol. The molecule has 1 aliphatic heterocycles. The van der Waals surface area contributed by atoms with Gasteiger partial charge >= 0.3 is 0 Å². The molecule has 8 nitrogen and oxygen atoms in total. The van der Waals surface area contributed by atoms with Gasteiger partial charge in [0, 0.05) is 5.56 Å². The number of benzene rings is 2. The summed E-state index contributed by atoms with van der Waals surface area (Å²) in [4.78, 5) is 0. The van der Waals surface area contributed by atoms with Crippen molar-refractivity contribution >= 4 is 0 Å². The monoisotopic (exact) mass is 432 g/mol. The number of aromatic amines is 1. The topological polar surface area (TPSA) is 115 Å². The van der Waals surface area contributed by atoms with E-state index in [0.29, 0.717) is 40.0 Å². The summed E-state index contributed by atoms with van der Waals surface area (Å²) in [7, 11) is 4.67. The fraction of sp³-hybridized carbons (Fsp3) is 0.250. The summed E-state index contributed by atoms with van der Waals surface area (Å²) in [5, 5.41) is 17.3. The van der Waals surface area contributed by atoms with Gasteiger partial charge in [-0.3, -0.25) is 5.10 Å². The number of H-pyrrole nitrogens is 1. The molecule has 1 atom stereocenters. The lowest BCUT2D eigenvalue weighted by atomic mass is 9.82. The highest BCUT2D eigenvalue weighted by Crippen LogP contribution is 2.48. The molecular formula is C24H24N4O4. The highest BCUT2D eigenvalue weighted by molar-refractivity contribution is 5.75. The molecule has 0 aliphatic carbocycles. The van der Waals surface area contributed by atoms with Gasteiger partial charge < -0.3 is 24.7 Å². The number of allylic oxidation sites excluding steroid dienone is 1. The van der Waals surface area contributed by atoms with E-state index in [1.165, 1.54) is 5.56 Å². The van der Waals surface area contributed by atoms with Crippen LogP contribution in [0.2, 0.25) is 0 Å². The minimum Gasteiger partial charge on any atom is -0.493 e. The maximum atomic E-state index is 9.90. The van der Waals surface area contributed by atoms with Gasteiger partial charge in [0.15, 0.2) is 11.5 Å². The van der Waals surface area contributed by atoms with Crippen molar-refractivity contribution in [3.05, 3.63) is 64.5 Å². The molecular weight excluding hydrogens is 408 g/mol. The number of methoxy groups -OCH3 is 3. The summed E-state index contributed by atoms with van der Waals surface area (Å²) in [5.74, 6) is 1.42. The molecule has 2 aromatic carbocycles. The first-order chi connectivity index (χ1) is 15.6. The minimum atomic E-state index is -0.442. The number of nitrogens with two attached hydrogens (primary N) is 1. The Bertz CT molecular complexity index is 1200. The van der Waals surface area contributed by atoms with Crippen molar-refractivity contribution in [2.75, 3.05) is 21.3 Å². The van der Waals surface area contributed by atoms with Crippen LogP contribution in [0, 0.1) is 11.3 Å². The molecule has 32 heavy (non-hydrogen) atoms. The first-order valence-corrected chi connectivity index (χ1v) is 10.1.